The van der Waals surface area contributed by atoms with Crippen LogP contribution in [-0.4, -0.2) is 43.2 Å². The Balaban J connectivity index is 1.64. The lowest BCUT2D eigenvalue weighted by Crippen LogP contribution is -2.39. The van der Waals surface area contributed by atoms with E-state index in [1.165, 1.54) is 23.3 Å². The summed E-state index contributed by atoms with van der Waals surface area (Å²) in [4.78, 5) is 15.9. The zero-order chi connectivity index (χ0) is 13.9. The Bertz CT molecular complexity index is 485. The Morgan fingerprint density at radius 3 is 2.90 bits per heavy atom. The van der Waals surface area contributed by atoms with Crippen molar-refractivity contribution in [3.05, 3.63) is 29.8 Å². The average Bonchev–Trinajstić information content (AvgIpc) is 2.91. The first-order valence-electron chi connectivity index (χ1n) is 7.43. The summed E-state index contributed by atoms with van der Waals surface area (Å²) in [6, 6.07) is 8.32. The van der Waals surface area contributed by atoms with Gasteiger partial charge in [0.2, 0.25) is 5.91 Å². The molecule has 0 saturated carbocycles. The molecule has 1 fully saturated rings. The van der Waals surface area contributed by atoms with Gasteiger partial charge in [-0.2, -0.15) is 0 Å². The van der Waals surface area contributed by atoms with Gasteiger partial charge in [-0.05, 0) is 43.5 Å². The second-order valence-electron chi connectivity index (χ2n) is 5.81. The Hall–Kier alpha value is -1.00. The number of likely N-dealkylation sites (N-methyl/N-ethyl adjacent to an activating group) is 1. The Morgan fingerprint density at radius 1 is 1.35 bits per heavy atom. The van der Waals surface area contributed by atoms with Gasteiger partial charge in [-0.3, -0.25) is 4.79 Å². The molecule has 4 heteroatoms. The van der Waals surface area contributed by atoms with Gasteiger partial charge in [0.1, 0.15) is 0 Å². The largest absolute Gasteiger partial charge is 0.345 e. The predicted molar refractivity (Wildman–Crippen MR) is 83.1 cm³/mol. The van der Waals surface area contributed by atoms with E-state index in [9.17, 15) is 4.79 Å². The first-order valence-corrected chi connectivity index (χ1v) is 8.41. The number of amides is 1. The molecule has 108 valence electrons. The molecule has 1 amide bonds. The second kappa shape index (κ2) is 6.19. The number of fused-ring (bicyclic) bond motifs is 1. The van der Waals surface area contributed by atoms with Gasteiger partial charge in [-0.1, -0.05) is 18.2 Å². The molecule has 1 saturated heterocycles. The fraction of sp³-hybridized carbons (Fsp3) is 0.562. The van der Waals surface area contributed by atoms with E-state index in [1.54, 1.807) is 0 Å². The Labute approximate surface area is 125 Å². The number of carbonyl (C=O) groups excluding carboxylic acids is 1. The Kier molecular flexibility index (Phi) is 4.32. The highest BCUT2D eigenvalue weighted by Gasteiger charge is 2.31. The standard InChI is InChI=1S/C16H22N2OS/c1-18(10-12-6-8-17-9-7-12)16(19)14-11-20-15-5-3-2-4-13(14)15/h2-5,12,14,17H,6-11H2,1H3. The smallest absolute Gasteiger partial charge is 0.230 e. The number of nitrogens with one attached hydrogen (secondary N) is 1. The molecule has 0 bridgehead atoms. The van der Waals surface area contributed by atoms with Crippen LogP contribution >= 0.6 is 11.8 Å². The number of carbonyl (C=O) groups is 1. The molecule has 2 heterocycles. The van der Waals surface area contributed by atoms with Crippen molar-refractivity contribution in [1.29, 1.82) is 0 Å². The molecule has 0 radical (unpaired) electrons. The monoisotopic (exact) mass is 290 g/mol. The number of hydrogen-bond donors (Lipinski definition) is 1. The van der Waals surface area contributed by atoms with E-state index in [2.05, 4.69) is 23.5 Å². The minimum absolute atomic E-state index is 0.0583. The van der Waals surface area contributed by atoms with Crippen LogP contribution < -0.4 is 5.32 Å². The molecule has 0 spiro atoms. The van der Waals surface area contributed by atoms with E-state index in [1.807, 2.05) is 29.8 Å². The number of nitrogens with zero attached hydrogens (tertiary/aromatic N) is 1. The summed E-state index contributed by atoms with van der Waals surface area (Å²) in [6.07, 6.45) is 2.38. The zero-order valence-electron chi connectivity index (χ0n) is 12.0. The summed E-state index contributed by atoms with van der Waals surface area (Å²) in [7, 11) is 1.97. The van der Waals surface area contributed by atoms with Crippen LogP contribution in [0, 0.1) is 5.92 Å². The fourth-order valence-corrected chi connectivity index (χ4v) is 4.39. The van der Waals surface area contributed by atoms with Crippen LogP contribution in [0.5, 0.6) is 0 Å². The summed E-state index contributed by atoms with van der Waals surface area (Å²) in [6.45, 7) is 3.09. The van der Waals surface area contributed by atoms with Crippen LogP contribution in [0.25, 0.3) is 0 Å². The summed E-state index contributed by atoms with van der Waals surface area (Å²) in [5.74, 6) is 1.91. The minimum Gasteiger partial charge on any atom is -0.345 e. The van der Waals surface area contributed by atoms with Crippen molar-refractivity contribution in [3.63, 3.8) is 0 Å². The molecule has 0 aliphatic carbocycles. The quantitative estimate of drug-likeness (QED) is 0.927. The van der Waals surface area contributed by atoms with Crippen molar-refractivity contribution >= 4 is 17.7 Å². The zero-order valence-corrected chi connectivity index (χ0v) is 12.8. The highest BCUT2D eigenvalue weighted by molar-refractivity contribution is 7.99. The van der Waals surface area contributed by atoms with Gasteiger partial charge in [0.25, 0.3) is 0 Å². The van der Waals surface area contributed by atoms with Crippen LogP contribution in [0.2, 0.25) is 0 Å². The molecule has 0 aromatic heterocycles. The molecule has 3 rings (SSSR count). The third kappa shape index (κ3) is 2.86. The van der Waals surface area contributed by atoms with Crippen molar-refractivity contribution < 1.29 is 4.79 Å². The normalized spacial score (nSPS) is 22.6. The van der Waals surface area contributed by atoms with Gasteiger partial charge >= 0.3 is 0 Å². The lowest BCUT2D eigenvalue weighted by Gasteiger charge is -2.29. The van der Waals surface area contributed by atoms with Gasteiger partial charge in [0.15, 0.2) is 0 Å². The lowest BCUT2D eigenvalue weighted by molar-refractivity contribution is -0.131. The Morgan fingerprint density at radius 2 is 2.10 bits per heavy atom. The van der Waals surface area contributed by atoms with Crippen LogP contribution in [0.4, 0.5) is 0 Å². The SMILES string of the molecule is CN(CC1CCNCC1)C(=O)C1CSc2ccccc21. The van der Waals surface area contributed by atoms with E-state index in [0.717, 1.165) is 25.4 Å². The third-order valence-corrected chi connectivity index (χ3v) is 5.55. The highest BCUT2D eigenvalue weighted by Crippen LogP contribution is 2.40. The fourth-order valence-electron chi connectivity index (χ4n) is 3.17. The van der Waals surface area contributed by atoms with Crippen LogP contribution in [0.15, 0.2) is 29.2 Å². The molecule has 3 nitrogen and oxygen atoms in total. The number of piperidine rings is 1. The number of benzene rings is 1. The topological polar surface area (TPSA) is 32.3 Å². The summed E-state index contributed by atoms with van der Waals surface area (Å²) >= 11 is 1.81. The van der Waals surface area contributed by atoms with Crippen LogP contribution in [0.1, 0.15) is 24.3 Å². The van der Waals surface area contributed by atoms with Crippen molar-refractivity contribution in [2.75, 3.05) is 32.4 Å². The van der Waals surface area contributed by atoms with E-state index in [-0.39, 0.29) is 5.92 Å². The molecule has 1 N–H and O–H groups in total. The number of rotatable bonds is 3. The van der Waals surface area contributed by atoms with Gasteiger partial charge in [0, 0.05) is 24.2 Å². The highest BCUT2D eigenvalue weighted by atomic mass is 32.2. The first-order chi connectivity index (χ1) is 9.75. The molecule has 1 aromatic rings. The van der Waals surface area contributed by atoms with E-state index in [0.29, 0.717) is 11.8 Å². The van der Waals surface area contributed by atoms with Gasteiger partial charge in [-0.25, -0.2) is 0 Å². The lowest BCUT2D eigenvalue weighted by atomic mass is 9.96. The van der Waals surface area contributed by atoms with Gasteiger partial charge in [-0.15, -0.1) is 11.8 Å². The maximum absolute atomic E-state index is 12.7. The van der Waals surface area contributed by atoms with Gasteiger partial charge < -0.3 is 10.2 Å². The molecular weight excluding hydrogens is 268 g/mol. The van der Waals surface area contributed by atoms with E-state index < -0.39 is 0 Å². The van der Waals surface area contributed by atoms with E-state index >= 15 is 0 Å². The third-order valence-electron chi connectivity index (χ3n) is 4.37. The number of thioether (sulfide) groups is 1. The van der Waals surface area contributed by atoms with Crippen molar-refractivity contribution in [2.45, 2.75) is 23.7 Å². The molecule has 1 aromatic carbocycles. The van der Waals surface area contributed by atoms with Crippen LogP contribution in [-0.2, 0) is 4.79 Å². The van der Waals surface area contributed by atoms with E-state index in [4.69, 9.17) is 0 Å². The molecular formula is C16H22N2OS. The second-order valence-corrected chi connectivity index (χ2v) is 6.88. The van der Waals surface area contributed by atoms with Crippen LogP contribution in [0.3, 0.4) is 0 Å². The molecule has 1 unspecified atom stereocenters. The predicted octanol–water partition coefficient (Wildman–Crippen LogP) is 2.33. The molecule has 1 atom stereocenters. The summed E-state index contributed by atoms with van der Waals surface area (Å²) in [5, 5.41) is 3.38. The number of hydrogen-bond acceptors (Lipinski definition) is 3. The van der Waals surface area contributed by atoms with Crippen molar-refractivity contribution in [1.82, 2.24) is 10.2 Å². The maximum atomic E-state index is 12.7. The molecule has 20 heavy (non-hydrogen) atoms. The first kappa shape index (κ1) is 14.0. The average molecular weight is 290 g/mol. The molecule has 2 aliphatic rings. The summed E-state index contributed by atoms with van der Waals surface area (Å²) in [5.41, 5.74) is 1.22. The summed E-state index contributed by atoms with van der Waals surface area (Å²) < 4.78 is 0. The minimum atomic E-state index is 0.0583. The molecule has 2 aliphatic heterocycles. The van der Waals surface area contributed by atoms with Crippen molar-refractivity contribution in [3.8, 4) is 0 Å². The van der Waals surface area contributed by atoms with Gasteiger partial charge in [0.05, 0.1) is 5.92 Å². The van der Waals surface area contributed by atoms with Crippen molar-refractivity contribution in [2.24, 2.45) is 5.92 Å². The maximum Gasteiger partial charge on any atom is 0.230 e.